The zero-order valence-electron chi connectivity index (χ0n) is 11.0. The minimum atomic E-state index is -3.11. The number of hydrogen-bond acceptors (Lipinski definition) is 3. The van der Waals surface area contributed by atoms with Crippen LogP contribution in [-0.2, 0) is 9.84 Å². The normalized spacial score (nSPS) is 17.3. The maximum atomic E-state index is 12.2. The Morgan fingerprint density at radius 3 is 2.32 bits per heavy atom. The molecule has 0 radical (unpaired) electrons. The third kappa shape index (κ3) is 3.90. The van der Waals surface area contributed by atoms with Gasteiger partial charge in [0.2, 0.25) is 0 Å². The Labute approximate surface area is 114 Å². The average Bonchev–Trinajstić information content (AvgIpc) is 2.47. The van der Waals surface area contributed by atoms with Crippen LogP contribution in [-0.4, -0.2) is 25.2 Å². The third-order valence-electron chi connectivity index (χ3n) is 3.77. The van der Waals surface area contributed by atoms with Crippen LogP contribution in [0.2, 0.25) is 0 Å². The van der Waals surface area contributed by atoms with Crippen molar-refractivity contribution < 1.29 is 13.2 Å². The molecule has 1 aromatic rings. The maximum absolute atomic E-state index is 12.2. The summed E-state index contributed by atoms with van der Waals surface area (Å²) in [4.78, 5) is 11.9. The molecule has 0 aromatic heterocycles. The summed E-state index contributed by atoms with van der Waals surface area (Å²) in [5, 5.41) is -0.218. The van der Waals surface area contributed by atoms with Crippen LogP contribution in [0.3, 0.4) is 0 Å². The first-order valence-electron chi connectivity index (χ1n) is 6.89. The molecule has 0 spiro atoms. The molecule has 0 unspecified atom stereocenters. The van der Waals surface area contributed by atoms with Crippen molar-refractivity contribution in [3.05, 3.63) is 35.9 Å². The van der Waals surface area contributed by atoms with E-state index >= 15 is 0 Å². The zero-order valence-corrected chi connectivity index (χ0v) is 11.9. The molecule has 1 aliphatic rings. The van der Waals surface area contributed by atoms with Gasteiger partial charge in [0.15, 0.2) is 15.6 Å². The standard InChI is InChI=1S/C15H20O3S/c16-15(13-7-3-1-4-8-13)11-12-19(17,18)14-9-5-2-6-10-14/h1,3-4,7-8,14H,2,5-6,9-12H2. The fourth-order valence-corrected chi connectivity index (χ4v) is 4.45. The SMILES string of the molecule is O=C(CCS(=O)(=O)C1CCCCC1)c1ccccc1. The van der Waals surface area contributed by atoms with Crippen molar-refractivity contribution >= 4 is 15.6 Å². The monoisotopic (exact) mass is 280 g/mol. The second-order valence-corrected chi connectivity index (χ2v) is 7.57. The summed E-state index contributed by atoms with van der Waals surface area (Å²) in [6, 6.07) is 8.90. The van der Waals surface area contributed by atoms with Gasteiger partial charge in [0.25, 0.3) is 0 Å². The fourth-order valence-electron chi connectivity index (χ4n) is 2.59. The molecule has 1 saturated carbocycles. The lowest BCUT2D eigenvalue weighted by atomic mass is 10.0. The maximum Gasteiger partial charge on any atom is 0.163 e. The van der Waals surface area contributed by atoms with E-state index < -0.39 is 9.84 Å². The second-order valence-electron chi connectivity index (χ2n) is 5.17. The van der Waals surface area contributed by atoms with Gasteiger partial charge in [-0.3, -0.25) is 4.79 Å². The van der Waals surface area contributed by atoms with E-state index in [1.807, 2.05) is 6.07 Å². The Morgan fingerprint density at radius 1 is 1.05 bits per heavy atom. The Hall–Kier alpha value is -1.16. The number of Topliss-reactive ketones (excluding diaryl/α,β-unsaturated/α-hetero) is 1. The predicted octanol–water partition coefficient (Wildman–Crippen LogP) is 3.01. The zero-order chi connectivity index (χ0) is 13.7. The van der Waals surface area contributed by atoms with Gasteiger partial charge < -0.3 is 0 Å². The molecule has 0 amide bonds. The molecule has 1 fully saturated rings. The molecule has 2 rings (SSSR count). The molecule has 0 saturated heterocycles. The lowest BCUT2D eigenvalue weighted by Gasteiger charge is -2.21. The molecule has 0 heterocycles. The van der Waals surface area contributed by atoms with E-state index in [2.05, 4.69) is 0 Å². The lowest BCUT2D eigenvalue weighted by Crippen LogP contribution is -2.27. The van der Waals surface area contributed by atoms with Crippen molar-refractivity contribution in [2.24, 2.45) is 0 Å². The molecule has 4 heteroatoms. The number of rotatable bonds is 5. The number of carbonyl (C=O) groups is 1. The second kappa shape index (κ2) is 6.33. The van der Waals surface area contributed by atoms with Crippen LogP contribution in [0.4, 0.5) is 0 Å². The quantitative estimate of drug-likeness (QED) is 0.779. The minimum absolute atomic E-state index is 0.00854. The largest absolute Gasteiger partial charge is 0.294 e. The van der Waals surface area contributed by atoms with Crippen LogP contribution in [0.25, 0.3) is 0 Å². The van der Waals surface area contributed by atoms with E-state index in [4.69, 9.17) is 0 Å². The lowest BCUT2D eigenvalue weighted by molar-refractivity contribution is 0.0988. The van der Waals surface area contributed by atoms with Gasteiger partial charge in [-0.05, 0) is 12.8 Å². The topological polar surface area (TPSA) is 51.2 Å². The van der Waals surface area contributed by atoms with Gasteiger partial charge in [-0.25, -0.2) is 8.42 Å². The fraction of sp³-hybridized carbons (Fsp3) is 0.533. The third-order valence-corrected chi connectivity index (χ3v) is 6.03. The van der Waals surface area contributed by atoms with Crippen LogP contribution in [0, 0.1) is 0 Å². The van der Waals surface area contributed by atoms with E-state index in [1.165, 1.54) is 0 Å². The van der Waals surface area contributed by atoms with Gasteiger partial charge in [0.05, 0.1) is 11.0 Å². The van der Waals surface area contributed by atoms with Gasteiger partial charge in [-0.2, -0.15) is 0 Å². The summed E-state index contributed by atoms with van der Waals surface area (Å²) < 4.78 is 24.3. The summed E-state index contributed by atoms with van der Waals surface area (Å²) in [5.41, 5.74) is 0.598. The van der Waals surface area contributed by atoms with Crippen LogP contribution >= 0.6 is 0 Å². The Balaban J connectivity index is 1.92. The van der Waals surface area contributed by atoms with E-state index in [0.29, 0.717) is 5.56 Å². The molecular weight excluding hydrogens is 260 g/mol. The molecule has 104 valence electrons. The van der Waals surface area contributed by atoms with Crippen molar-refractivity contribution in [2.75, 3.05) is 5.75 Å². The number of sulfone groups is 1. The van der Waals surface area contributed by atoms with Gasteiger partial charge in [-0.15, -0.1) is 0 Å². The number of ketones is 1. The molecule has 3 nitrogen and oxygen atoms in total. The first-order chi connectivity index (χ1) is 9.09. The summed E-state index contributed by atoms with van der Waals surface area (Å²) in [5.74, 6) is -0.0919. The average molecular weight is 280 g/mol. The van der Waals surface area contributed by atoms with Crippen molar-refractivity contribution in [1.82, 2.24) is 0 Å². The number of hydrogen-bond donors (Lipinski definition) is 0. The molecule has 0 N–H and O–H groups in total. The summed E-state index contributed by atoms with van der Waals surface area (Å²) in [7, 11) is -3.11. The Bertz CT molecular complexity index is 514. The van der Waals surface area contributed by atoms with Gasteiger partial charge in [0.1, 0.15) is 0 Å². The predicted molar refractivity (Wildman–Crippen MR) is 76.0 cm³/mol. The number of benzene rings is 1. The molecule has 1 aliphatic carbocycles. The van der Waals surface area contributed by atoms with E-state index in [-0.39, 0.29) is 23.2 Å². The van der Waals surface area contributed by atoms with Crippen molar-refractivity contribution in [2.45, 2.75) is 43.8 Å². The molecule has 0 aliphatic heterocycles. The summed E-state index contributed by atoms with van der Waals surface area (Å²) >= 11 is 0. The highest BCUT2D eigenvalue weighted by Crippen LogP contribution is 2.24. The first kappa shape index (κ1) is 14.3. The van der Waals surface area contributed by atoms with Crippen LogP contribution in [0.1, 0.15) is 48.9 Å². The van der Waals surface area contributed by atoms with Gasteiger partial charge in [-0.1, -0.05) is 49.6 Å². The van der Waals surface area contributed by atoms with Crippen molar-refractivity contribution in [3.8, 4) is 0 Å². The highest BCUT2D eigenvalue weighted by atomic mass is 32.2. The van der Waals surface area contributed by atoms with E-state index in [0.717, 1.165) is 32.1 Å². The highest BCUT2D eigenvalue weighted by molar-refractivity contribution is 7.92. The van der Waals surface area contributed by atoms with Crippen molar-refractivity contribution in [1.29, 1.82) is 0 Å². The molecule has 19 heavy (non-hydrogen) atoms. The first-order valence-corrected chi connectivity index (χ1v) is 8.61. The summed E-state index contributed by atoms with van der Waals surface area (Å²) in [6.45, 7) is 0. The smallest absolute Gasteiger partial charge is 0.163 e. The Kier molecular flexibility index (Phi) is 4.75. The van der Waals surface area contributed by atoms with Gasteiger partial charge >= 0.3 is 0 Å². The number of carbonyl (C=O) groups excluding carboxylic acids is 1. The van der Waals surface area contributed by atoms with Crippen LogP contribution < -0.4 is 0 Å². The Morgan fingerprint density at radius 2 is 1.68 bits per heavy atom. The van der Waals surface area contributed by atoms with E-state index in [1.54, 1.807) is 24.3 Å². The highest BCUT2D eigenvalue weighted by Gasteiger charge is 2.27. The molecule has 0 bridgehead atoms. The summed E-state index contributed by atoms with van der Waals surface area (Å²) in [6.07, 6.45) is 4.76. The van der Waals surface area contributed by atoms with E-state index in [9.17, 15) is 13.2 Å². The molecule has 1 aromatic carbocycles. The molecular formula is C15H20O3S. The van der Waals surface area contributed by atoms with Crippen LogP contribution in [0.5, 0.6) is 0 Å². The van der Waals surface area contributed by atoms with Crippen molar-refractivity contribution in [3.63, 3.8) is 0 Å². The molecule has 0 atom stereocenters. The van der Waals surface area contributed by atoms with Crippen LogP contribution in [0.15, 0.2) is 30.3 Å². The minimum Gasteiger partial charge on any atom is -0.294 e. The van der Waals surface area contributed by atoms with Gasteiger partial charge in [0, 0.05) is 12.0 Å².